The Morgan fingerprint density at radius 1 is 0.893 bits per heavy atom. The molecule has 1 N–H and O–H groups in total. The summed E-state index contributed by atoms with van der Waals surface area (Å²) in [5, 5.41) is 2.72. The van der Waals surface area contributed by atoms with Crippen LogP contribution in [-0.4, -0.2) is 56.0 Å². The maximum Gasteiger partial charge on any atom is 0.242 e. The Morgan fingerprint density at radius 2 is 1.54 bits per heavy atom. The molecule has 0 unspecified atom stereocenters. The zero-order chi connectivity index (χ0) is 19.6. The first-order valence-corrected chi connectivity index (χ1v) is 9.75. The second-order valence-electron chi connectivity index (χ2n) is 6.75. The molecular weight excluding hydrogens is 354 g/mol. The van der Waals surface area contributed by atoms with Crippen LogP contribution < -0.4 is 15.0 Å². The first kappa shape index (κ1) is 19.7. The quantitative estimate of drug-likeness (QED) is 0.713. The van der Waals surface area contributed by atoms with Gasteiger partial charge in [0.15, 0.2) is 0 Å². The lowest BCUT2D eigenvalue weighted by molar-refractivity contribution is -0.133. The topological polar surface area (TPSA) is 61.9 Å². The van der Waals surface area contributed by atoms with Crippen molar-refractivity contribution in [2.75, 3.05) is 44.2 Å². The van der Waals surface area contributed by atoms with Crippen LogP contribution >= 0.6 is 0 Å². The van der Waals surface area contributed by atoms with Crippen LogP contribution in [0.2, 0.25) is 0 Å². The Bertz CT molecular complexity index is 744. The predicted octanol–water partition coefficient (Wildman–Crippen LogP) is 2.31. The lowest BCUT2D eigenvalue weighted by Gasteiger charge is -2.36. The Kier molecular flexibility index (Phi) is 7.29. The van der Waals surface area contributed by atoms with E-state index in [0.717, 1.165) is 18.8 Å². The van der Waals surface area contributed by atoms with E-state index in [2.05, 4.69) is 22.3 Å². The third-order valence-electron chi connectivity index (χ3n) is 4.75. The molecule has 0 spiro atoms. The number of nitrogens with one attached hydrogen (secondary N) is 1. The van der Waals surface area contributed by atoms with E-state index in [9.17, 15) is 9.59 Å². The summed E-state index contributed by atoms with van der Waals surface area (Å²) < 4.78 is 5.56. The maximum atomic E-state index is 12.3. The zero-order valence-corrected chi connectivity index (χ0v) is 16.0. The van der Waals surface area contributed by atoms with E-state index in [0.29, 0.717) is 32.5 Å². The molecule has 0 radical (unpaired) electrons. The lowest BCUT2D eigenvalue weighted by atomic mass is 10.2. The first-order valence-electron chi connectivity index (χ1n) is 9.75. The van der Waals surface area contributed by atoms with Crippen molar-refractivity contribution in [1.82, 2.24) is 10.2 Å². The van der Waals surface area contributed by atoms with Gasteiger partial charge in [-0.1, -0.05) is 36.4 Å². The molecule has 1 aliphatic rings. The number of rotatable bonds is 8. The number of ether oxygens (including phenoxy) is 1. The van der Waals surface area contributed by atoms with Crippen LogP contribution in [0.5, 0.6) is 5.75 Å². The van der Waals surface area contributed by atoms with Gasteiger partial charge in [-0.2, -0.15) is 0 Å². The van der Waals surface area contributed by atoms with Crippen LogP contribution in [0.1, 0.15) is 12.8 Å². The molecular formula is C22H27N3O3. The smallest absolute Gasteiger partial charge is 0.242 e. The van der Waals surface area contributed by atoms with E-state index in [-0.39, 0.29) is 18.4 Å². The van der Waals surface area contributed by atoms with Crippen LogP contribution in [-0.2, 0) is 9.59 Å². The fraction of sp³-hybridized carbons (Fsp3) is 0.364. The van der Waals surface area contributed by atoms with E-state index < -0.39 is 0 Å². The first-order chi connectivity index (χ1) is 13.7. The Morgan fingerprint density at radius 3 is 2.21 bits per heavy atom. The number of amides is 2. The molecule has 2 amide bonds. The van der Waals surface area contributed by atoms with Gasteiger partial charge in [-0.3, -0.25) is 9.59 Å². The average molecular weight is 381 g/mol. The van der Waals surface area contributed by atoms with E-state index in [4.69, 9.17) is 4.74 Å². The number of piperazine rings is 1. The van der Waals surface area contributed by atoms with Gasteiger partial charge >= 0.3 is 0 Å². The molecule has 0 aromatic heterocycles. The fourth-order valence-electron chi connectivity index (χ4n) is 3.17. The molecule has 3 rings (SSSR count). The van der Waals surface area contributed by atoms with Crippen LogP contribution in [0.3, 0.4) is 0 Å². The highest BCUT2D eigenvalue weighted by Gasteiger charge is 2.21. The molecule has 28 heavy (non-hydrogen) atoms. The van der Waals surface area contributed by atoms with E-state index in [1.165, 1.54) is 5.69 Å². The van der Waals surface area contributed by atoms with Gasteiger partial charge in [0.1, 0.15) is 5.75 Å². The SMILES string of the molecule is O=C(CCCOc1ccccc1)NCC(=O)N1CCN(c2ccccc2)CC1. The number of anilines is 1. The number of carbonyl (C=O) groups excluding carboxylic acids is 2. The molecule has 0 atom stereocenters. The van der Waals surface area contributed by atoms with Crippen LogP contribution in [0.15, 0.2) is 60.7 Å². The van der Waals surface area contributed by atoms with Gasteiger partial charge in [-0.25, -0.2) is 0 Å². The van der Waals surface area contributed by atoms with Gasteiger partial charge in [0, 0.05) is 38.3 Å². The van der Waals surface area contributed by atoms with E-state index >= 15 is 0 Å². The molecule has 0 bridgehead atoms. The number of hydrogen-bond acceptors (Lipinski definition) is 4. The summed E-state index contributed by atoms with van der Waals surface area (Å²) in [5.74, 6) is 0.655. The summed E-state index contributed by atoms with van der Waals surface area (Å²) in [6, 6.07) is 19.7. The van der Waals surface area contributed by atoms with Gasteiger partial charge in [0.2, 0.25) is 11.8 Å². The minimum absolute atomic E-state index is 0.0263. The number of benzene rings is 2. The molecule has 1 saturated heterocycles. The fourth-order valence-corrected chi connectivity index (χ4v) is 3.17. The average Bonchev–Trinajstić information content (AvgIpc) is 2.76. The molecule has 1 heterocycles. The number of para-hydroxylation sites is 2. The largest absolute Gasteiger partial charge is 0.494 e. The number of hydrogen-bond donors (Lipinski definition) is 1. The van der Waals surface area contributed by atoms with E-state index in [1.807, 2.05) is 53.4 Å². The highest BCUT2D eigenvalue weighted by Crippen LogP contribution is 2.15. The second-order valence-corrected chi connectivity index (χ2v) is 6.75. The summed E-state index contributed by atoms with van der Waals surface area (Å²) in [7, 11) is 0. The molecule has 6 nitrogen and oxygen atoms in total. The van der Waals surface area contributed by atoms with Crippen LogP contribution in [0, 0.1) is 0 Å². The van der Waals surface area contributed by atoms with Gasteiger partial charge in [0.25, 0.3) is 0 Å². The van der Waals surface area contributed by atoms with Crippen molar-refractivity contribution in [3.63, 3.8) is 0 Å². The van der Waals surface area contributed by atoms with Gasteiger partial charge in [-0.05, 0) is 30.7 Å². The summed E-state index contributed by atoms with van der Waals surface area (Å²) in [6.07, 6.45) is 0.965. The predicted molar refractivity (Wildman–Crippen MR) is 109 cm³/mol. The zero-order valence-electron chi connectivity index (χ0n) is 16.0. The molecule has 0 saturated carbocycles. The maximum absolute atomic E-state index is 12.3. The van der Waals surface area contributed by atoms with Crippen molar-refractivity contribution in [1.29, 1.82) is 0 Å². The van der Waals surface area contributed by atoms with Crippen molar-refractivity contribution in [2.45, 2.75) is 12.8 Å². The second kappa shape index (κ2) is 10.3. The van der Waals surface area contributed by atoms with Crippen molar-refractivity contribution >= 4 is 17.5 Å². The standard InChI is InChI=1S/C22H27N3O3/c26-21(12-7-17-28-20-10-5-2-6-11-20)23-18-22(27)25-15-13-24(14-16-25)19-8-3-1-4-9-19/h1-6,8-11H,7,12-18H2,(H,23,26). The Labute approximate surface area is 166 Å². The van der Waals surface area contributed by atoms with Crippen molar-refractivity contribution in [3.8, 4) is 5.75 Å². The molecule has 148 valence electrons. The van der Waals surface area contributed by atoms with Crippen LogP contribution in [0.25, 0.3) is 0 Å². The van der Waals surface area contributed by atoms with Gasteiger partial charge < -0.3 is 19.9 Å². The summed E-state index contributed by atoms with van der Waals surface area (Å²) in [6.45, 7) is 3.50. The monoisotopic (exact) mass is 381 g/mol. The van der Waals surface area contributed by atoms with Crippen molar-refractivity contribution in [3.05, 3.63) is 60.7 Å². The molecule has 6 heteroatoms. The van der Waals surface area contributed by atoms with Crippen molar-refractivity contribution in [2.24, 2.45) is 0 Å². The highest BCUT2D eigenvalue weighted by atomic mass is 16.5. The molecule has 2 aromatic carbocycles. The molecule has 1 aliphatic heterocycles. The Balaban J connectivity index is 1.29. The minimum atomic E-state index is -0.118. The van der Waals surface area contributed by atoms with Crippen molar-refractivity contribution < 1.29 is 14.3 Å². The normalized spacial score (nSPS) is 13.9. The van der Waals surface area contributed by atoms with Crippen LogP contribution in [0.4, 0.5) is 5.69 Å². The third-order valence-corrected chi connectivity index (χ3v) is 4.75. The highest BCUT2D eigenvalue weighted by molar-refractivity contribution is 5.84. The van der Waals surface area contributed by atoms with Gasteiger partial charge in [-0.15, -0.1) is 0 Å². The number of carbonyl (C=O) groups is 2. The molecule has 0 aliphatic carbocycles. The van der Waals surface area contributed by atoms with E-state index in [1.54, 1.807) is 0 Å². The summed E-state index contributed by atoms with van der Waals surface area (Å²) >= 11 is 0. The number of nitrogens with zero attached hydrogens (tertiary/aromatic N) is 2. The lowest BCUT2D eigenvalue weighted by Crippen LogP contribution is -2.51. The molecule has 1 fully saturated rings. The van der Waals surface area contributed by atoms with Gasteiger partial charge in [0.05, 0.1) is 13.2 Å². The molecule has 2 aromatic rings. The minimum Gasteiger partial charge on any atom is -0.494 e. The third kappa shape index (κ3) is 6.01. The summed E-state index contributed by atoms with van der Waals surface area (Å²) in [5.41, 5.74) is 1.18. The Hall–Kier alpha value is -3.02. The summed E-state index contributed by atoms with van der Waals surface area (Å²) in [4.78, 5) is 28.4.